The molecule has 0 radical (unpaired) electrons. The van der Waals surface area contributed by atoms with Crippen molar-refractivity contribution in [3.05, 3.63) is 34.9 Å². The van der Waals surface area contributed by atoms with Gasteiger partial charge in [-0.2, -0.15) is 5.26 Å². The second-order valence-electron chi connectivity index (χ2n) is 4.80. The molecule has 17 heavy (non-hydrogen) atoms. The summed E-state index contributed by atoms with van der Waals surface area (Å²) in [7, 11) is 0. The number of nitrogens with two attached hydrogens (primary N) is 1. The average Bonchev–Trinajstić information content (AvgIpc) is 2.39. The van der Waals surface area contributed by atoms with Crippen LogP contribution in [0.4, 0.5) is 0 Å². The minimum atomic E-state index is 0.0600. The van der Waals surface area contributed by atoms with Gasteiger partial charge in [0.2, 0.25) is 0 Å². The first-order chi connectivity index (χ1) is 8.22. The van der Waals surface area contributed by atoms with Gasteiger partial charge < -0.3 is 11.1 Å². The van der Waals surface area contributed by atoms with Crippen molar-refractivity contribution < 1.29 is 0 Å². The zero-order chi connectivity index (χ0) is 12.3. The first-order valence-corrected chi connectivity index (χ1v) is 6.19. The molecule has 0 bridgehead atoms. The molecule has 1 unspecified atom stereocenters. The summed E-state index contributed by atoms with van der Waals surface area (Å²) < 4.78 is 0. The Morgan fingerprint density at radius 1 is 1.41 bits per heavy atom. The average molecular weight is 229 g/mol. The minimum absolute atomic E-state index is 0.0600. The molecule has 1 aliphatic rings. The molecule has 3 N–H and O–H groups in total. The minimum Gasteiger partial charge on any atom is -0.324 e. The molecule has 1 atom stereocenters. The predicted molar refractivity (Wildman–Crippen MR) is 68.4 cm³/mol. The van der Waals surface area contributed by atoms with Crippen molar-refractivity contribution in [1.29, 1.82) is 5.26 Å². The predicted octanol–water partition coefficient (Wildman–Crippen LogP) is 1.87. The molecule has 0 aliphatic carbocycles. The van der Waals surface area contributed by atoms with E-state index in [4.69, 9.17) is 11.0 Å². The zero-order valence-electron chi connectivity index (χ0n) is 10.2. The van der Waals surface area contributed by atoms with Gasteiger partial charge in [0.1, 0.15) is 0 Å². The molecule has 0 spiro atoms. The van der Waals surface area contributed by atoms with Gasteiger partial charge in [-0.15, -0.1) is 0 Å². The Kier molecular flexibility index (Phi) is 3.78. The maximum atomic E-state index is 9.03. The summed E-state index contributed by atoms with van der Waals surface area (Å²) in [5.74, 6) is 0.533. The number of hydrogen-bond acceptors (Lipinski definition) is 3. The summed E-state index contributed by atoms with van der Waals surface area (Å²) in [4.78, 5) is 0. The molecule has 1 aliphatic heterocycles. The number of nitrogens with one attached hydrogen (secondary N) is 1. The molecule has 0 amide bonds. The van der Waals surface area contributed by atoms with Gasteiger partial charge in [-0.3, -0.25) is 0 Å². The van der Waals surface area contributed by atoms with Crippen molar-refractivity contribution in [3.8, 4) is 6.07 Å². The van der Waals surface area contributed by atoms with Gasteiger partial charge in [0.15, 0.2) is 0 Å². The third kappa shape index (κ3) is 2.66. The van der Waals surface area contributed by atoms with Gasteiger partial charge in [-0.1, -0.05) is 12.1 Å². The Hall–Kier alpha value is -1.37. The van der Waals surface area contributed by atoms with Crippen molar-refractivity contribution in [3.63, 3.8) is 0 Å². The van der Waals surface area contributed by atoms with E-state index < -0.39 is 0 Å². The molecular formula is C14H19N3. The maximum Gasteiger partial charge on any atom is 0.0994 e. The van der Waals surface area contributed by atoms with Crippen molar-refractivity contribution in [2.24, 2.45) is 11.7 Å². The SMILES string of the molecule is Cc1ccc(C(N)C2CCNCC2)cc1C#N. The third-order valence-corrected chi connectivity index (χ3v) is 3.66. The van der Waals surface area contributed by atoms with E-state index in [9.17, 15) is 0 Å². The number of hydrogen-bond donors (Lipinski definition) is 2. The lowest BCUT2D eigenvalue weighted by Gasteiger charge is -2.28. The van der Waals surface area contributed by atoms with Gasteiger partial charge >= 0.3 is 0 Å². The summed E-state index contributed by atoms with van der Waals surface area (Å²) >= 11 is 0. The maximum absolute atomic E-state index is 9.03. The normalized spacial score (nSPS) is 18.6. The number of nitriles is 1. The lowest BCUT2D eigenvalue weighted by Crippen LogP contribution is -2.33. The van der Waals surface area contributed by atoms with E-state index in [2.05, 4.69) is 17.5 Å². The second kappa shape index (κ2) is 5.31. The van der Waals surface area contributed by atoms with Crippen LogP contribution in [0.2, 0.25) is 0 Å². The molecule has 90 valence electrons. The van der Waals surface area contributed by atoms with Crippen LogP contribution in [0, 0.1) is 24.2 Å². The van der Waals surface area contributed by atoms with Crippen molar-refractivity contribution in [2.45, 2.75) is 25.8 Å². The van der Waals surface area contributed by atoms with Gasteiger partial charge in [0.05, 0.1) is 11.6 Å². The Bertz CT molecular complexity index is 428. The van der Waals surface area contributed by atoms with Gasteiger partial charge in [0.25, 0.3) is 0 Å². The van der Waals surface area contributed by atoms with Crippen molar-refractivity contribution in [2.75, 3.05) is 13.1 Å². The topological polar surface area (TPSA) is 61.8 Å². The molecule has 3 nitrogen and oxygen atoms in total. The fraction of sp³-hybridized carbons (Fsp3) is 0.500. The Labute approximate surface area is 103 Å². The fourth-order valence-electron chi connectivity index (χ4n) is 2.44. The molecule has 1 heterocycles. The third-order valence-electron chi connectivity index (χ3n) is 3.66. The highest BCUT2D eigenvalue weighted by Crippen LogP contribution is 2.27. The highest BCUT2D eigenvalue weighted by molar-refractivity contribution is 5.40. The monoisotopic (exact) mass is 229 g/mol. The van der Waals surface area contributed by atoms with E-state index >= 15 is 0 Å². The summed E-state index contributed by atoms with van der Waals surface area (Å²) in [5.41, 5.74) is 9.17. The second-order valence-corrected chi connectivity index (χ2v) is 4.80. The Morgan fingerprint density at radius 3 is 2.76 bits per heavy atom. The largest absolute Gasteiger partial charge is 0.324 e. The van der Waals surface area contributed by atoms with Crippen LogP contribution in [0.3, 0.4) is 0 Å². The summed E-state index contributed by atoms with van der Waals surface area (Å²) in [6.45, 7) is 4.06. The van der Waals surface area contributed by atoms with E-state index in [1.54, 1.807) is 0 Å². The van der Waals surface area contributed by atoms with Gasteiger partial charge in [-0.05, 0) is 56.0 Å². The Balaban J connectivity index is 2.18. The summed E-state index contributed by atoms with van der Waals surface area (Å²) in [6, 6.07) is 8.29. The smallest absolute Gasteiger partial charge is 0.0994 e. The van der Waals surface area contributed by atoms with E-state index in [1.165, 1.54) is 0 Å². The van der Waals surface area contributed by atoms with Crippen LogP contribution < -0.4 is 11.1 Å². The molecule has 1 saturated heterocycles. The molecule has 1 aromatic rings. The molecule has 1 aromatic carbocycles. The van der Waals surface area contributed by atoms with E-state index in [-0.39, 0.29) is 6.04 Å². The van der Waals surface area contributed by atoms with Crippen LogP contribution in [-0.2, 0) is 0 Å². The van der Waals surface area contributed by atoms with Gasteiger partial charge in [0, 0.05) is 6.04 Å². The fourth-order valence-corrected chi connectivity index (χ4v) is 2.44. The number of benzene rings is 1. The number of aryl methyl sites for hydroxylation is 1. The lowest BCUT2D eigenvalue weighted by molar-refractivity contribution is 0.322. The molecular weight excluding hydrogens is 210 g/mol. The summed E-state index contributed by atoms with van der Waals surface area (Å²) in [5, 5.41) is 12.4. The first kappa shape index (κ1) is 12.1. The van der Waals surface area contributed by atoms with Crippen LogP contribution in [0.1, 0.15) is 35.6 Å². The van der Waals surface area contributed by atoms with E-state index in [1.807, 2.05) is 19.1 Å². The van der Waals surface area contributed by atoms with Crippen LogP contribution in [0.5, 0.6) is 0 Å². The standard InChI is InChI=1S/C14H19N3/c1-10-2-3-12(8-13(10)9-15)14(16)11-4-6-17-7-5-11/h2-3,8,11,14,17H,4-7,16H2,1H3. The molecule has 1 fully saturated rings. The van der Waals surface area contributed by atoms with Crippen LogP contribution in [-0.4, -0.2) is 13.1 Å². The Morgan fingerprint density at radius 2 is 2.12 bits per heavy atom. The molecule has 0 saturated carbocycles. The van der Waals surface area contributed by atoms with Gasteiger partial charge in [-0.25, -0.2) is 0 Å². The lowest BCUT2D eigenvalue weighted by atomic mass is 9.86. The van der Waals surface area contributed by atoms with E-state index in [0.717, 1.165) is 42.6 Å². The molecule has 2 rings (SSSR count). The molecule has 0 aromatic heterocycles. The number of piperidine rings is 1. The quantitative estimate of drug-likeness (QED) is 0.813. The van der Waals surface area contributed by atoms with Crippen LogP contribution in [0.15, 0.2) is 18.2 Å². The van der Waals surface area contributed by atoms with Crippen molar-refractivity contribution in [1.82, 2.24) is 5.32 Å². The highest BCUT2D eigenvalue weighted by atomic mass is 14.9. The molecule has 3 heteroatoms. The van der Waals surface area contributed by atoms with E-state index in [0.29, 0.717) is 5.92 Å². The highest BCUT2D eigenvalue weighted by Gasteiger charge is 2.21. The van der Waals surface area contributed by atoms with Crippen LogP contribution >= 0.6 is 0 Å². The van der Waals surface area contributed by atoms with Crippen LogP contribution in [0.25, 0.3) is 0 Å². The number of nitrogens with zero attached hydrogens (tertiary/aromatic N) is 1. The summed E-state index contributed by atoms with van der Waals surface area (Å²) in [6.07, 6.45) is 2.24. The zero-order valence-corrected chi connectivity index (χ0v) is 10.2. The van der Waals surface area contributed by atoms with Crippen molar-refractivity contribution >= 4 is 0 Å². The first-order valence-electron chi connectivity index (χ1n) is 6.19. The number of rotatable bonds is 2.